The zero-order valence-electron chi connectivity index (χ0n) is 18.8. The number of pyridine rings is 1. The minimum Gasteiger partial charge on any atom is -0.487 e. The molecule has 3 heterocycles. The van der Waals surface area contributed by atoms with Gasteiger partial charge in [0.2, 0.25) is 0 Å². The average molecular weight is 469 g/mol. The Labute approximate surface area is 202 Å². The van der Waals surface area contributed by atoms with Crippen LogP contribution >= 0.6 is 11.8 Å². The van der Waals surface area contributed by atoms with Crippen molar-refractivity contribution < 1.29 is 9.15 Å². The largest absolute Gasteiger partial charge is 0.487 e. The monoisotopic (exact) mass is 468 g/mol. The highest BCUT2D eigenvalue weighted by molar-refractivity contribution is 7.98. The third kappa shape index (κ3) is 5.21. The molecule has 170 valence electrons. The number of hydrogen-bond donors (Lipinski definition) is 0. The maximum atomic E-state index is 5.85. The summed E-state index contributed by atoms with van der Waals surface area (Å²) in [5.41, 5.74) is 4.25. The van der Waals surface area contributed by atoms with E-state index >= 15 is 0 Å². The molecule has 0 saturated carbocycles. The number of rotatable bonds is 9. The normalized spacial score (nSPS) is 11.0. The van der Waals surface area contributed by atoms with Crippen LogP contribution in [0.2, 0.25) is 0 Å². The van der Waals surface area contributed by atoms with Gasteiger partial charge in [-0.2, -0.15) is 0 Å². The van der Waals surface area contributed by atoms with E-state index in [9.17, 15) is 0 Å². The number of benzene rings is 2. The maximum Gasteiger partial charge on any atom is 0.192 e. The number of ether oxygens (including phenoxy) is 1. The van der Waals surface area contributed by atoms with Crippen LogP contribution in [0.5, 0.6) is 5.75 Å². The van der Waals surface area contributed by atoms with E-state index in [0.717, 1.165) is 39.5 Å². The fourth-order valence-corrected chi connectivity index (χ4v) is 4.48. The highest BCUT2D eigenvalue weighted by Crippen LogP contribution is 2.30. The van der Waals surface area contributed by atoms with Crippen LogP contribution in [0.1, 0.15) is 22.6 Å². The molecular weight excluding hydrogens is 444 g/mol. The Hall–Kier alpha value is -3.84. The van der Waals surface area contributed by atoms with Crippen LogP contribution in [0.25, 0.3) is 11.4 Å². The second-order valence-corrected chi connectivity index (χ2v) is 8.75. The van der Waals surface area contributed by atoms with Crippen molar-refractivity contribution in [2.24, 2.45) is 0 Å². The summed E-state index contributed by atoms with van der Waals surface area (Å²) < 4.78 is 13.5. The van der Waals surface area contributed by atoms with Gasteiger partial charge in [-0.3, -0.25) is 9.55 Å². The smallest absolute Gasteiger partial charge is 0.192 e. The number of furan rings is 1. The summed E-state index contributed by atoms with van der Waals surface area (Å²) in [6.07, 6.45) is 3.46. The van der Waals surface area contributed by atoms with Gasteiger partial charge in [-0.05, 0) is 48.4 Å². The van der Waals surface area contributed by atoms with Crippen LogP contribution in [0.15, 0.2) is 101 Å². The van der Waals surface area contributed by atoms with E-state index in [2.05, 4.69) is 44.0 Å². The van der Waals surface area contributed by atoms with Crippen molar-refractivity contribution in [3.05, 3.63) is 114 Å². The van der Waals surface area contributed by atoms with E-state index in [0.29, 0.717) is 13.2 Å². The van der Waals surface area contributed by atoms with Crippen molar-refractivity contribution in [2.45, 2.75) is 31.0 Å². The first-order chi connectivity index (χ1) is 16.8. The van der Waals surface area contributed by atoms with Crippen molar-refractivity contribution in [3.8, 4) is 17.1 Å². The highest BCUT2D eigenvalue weighted by atomic mass is 32.2. The summed E-state index contributed by atoms with van der Waals surface area (Å²) in [5.74, 6) is 3.25. The zero-order chi connectivity index (χ0) is 23.2. The predicted molar refractivity (Wildman–Crippen MR) is 133 cm³/mol. The molecule has 5 rings (SSSR count). The van der Waals surface area contributed by atoms with Gasteiger partial charge in [-0.1, -0.05) is 60.3 Å². The zero-order valence-corrected chi connectivity index (χ0v) is 19.6. The van der Waals surface area contributed by atoms with Gasteiger partial charge >= 0.3 is 0 Å². The molecule has 0 aliphatic heterocycles. The van der Waals surface area contributed by atoms with Crippen molar-refractivity contribution in [1.82, 2.24) is 19.7 Å². The number of hydrogen-bond acceptors (Lipinski definition) is 6. The molecule has 0 aliphatic carbocycles. The van der Waals surface area contributed by atoms with Crippen molar-refractivity contribution in [3.63, 3.8) is 0 Å². The first-order valence-corrected chi connectivity index (χ1v) is 12.0. The summed E-state index contributed by atoms with van der Waals surface area (Å²) in [7, 11) is 0. The molecule has 0 amide bonds. The van der Waals surface area contributed by atoms with Gasteiger partial charge in [0.15, 0.2) is 11.0 Å². The van der Waals surface area contributed by atoms with Crippen molar-refractivity contribution in [2.75, 3.05) is 0 Å². The van der Waals surface area contributed by atoms with E-state index in [1.807, 2.05) is 61.5 Å². The molecule has 0 spiro atoms. The van der Waals surface area contributed by atoms with E-state index in [-0.39, 0.29) is 0 Å². The minimum absolute atomic E-state index is 0.452. The third-order valence-electron chi connectivity index (χ3n) is 5.40. The molecular formula is C27H24N4O2S. The van der Waals surface area contributed by atoms with E-state index < -0.39 is 0 Å². The van der Waals surface area contributed by atoms with Gasteiger partial charge in [0, 0.05) is 11.9 Å². The fourth-order valence-electron chi connectivity index (χ4n) is 3.59. The van der Waals surface area contributed by atoms with Crippen LogP contribution in [0, 0.1) is 6.92 Å². The fraction of sp³-hybridized carbons (Fsp3) is 0.148. The Kier molecular flexibility index (Phi) is 6.72. The van der Waals surface area contributed by atoms with Gasteiger partial charge < -0.3 is 9.15 Å². The van der Waals surface area contributed by atoms with Crippen LogP contribution in [-0.4, -0.2) is 19.7 Å². The molecule has 6 nitrogen and oxygen atoms in total. The molecule has 0 bridgehead atoms. The minimum atomic E-state index is 0.452. The molecule has 0 unspecified atom stereocenters. The molecule has 0 saturated heterocycles. The number of aromatic nitrogens is 4. The summed E-state index contributed by atoms with van der Waals surface area (Å²) >= 11 is 1.67. The first kappa shape index (κ1) is 22.0. The molecule has 34 heavy (non-hydrogen) atoms. The Morgan fingerprint density at radius 3 is 2.44 bits per heavy atom. The van der Waals surface area contributed by atoms with Crippen molar-refractivity contribution >= 4 is 11.8 Å². The lowest BCUT2D eigenvalue weighted by atomic mass is 10.2. The molecule has 5 aromatic rings. The lowest BCUT2D eigenvalue weighted by Crippen LogP contribution is -2.04. The van der Waals surface area contributed by atoms with E-state index in [1.54, 1.807) is 24.2 Å². The van der Waals surface area contributed by atoms with Gasteiger partial charge in [0.05, 0.1) is 24.1 Å². The SMILES string of the molecule is Cc1occc1-c1nnc(SCc2ccc(OCc3ccccn3)cc2)n1Cc1ccccc1. The summed E-state index contributed by atoms with van der Waals surface area (Å²) in [5, 5.41) is 9.88. The lowest BCUT2D eigenvalue weighted by molar-refractivity contribution is 0.301. The quantitative estimate of drug-likeness (QED) is 0.241. The Morgan fingerprint density at radius 2 is 1.71 bits per heavy atom. The van der Waals surface area contributed by atoms with E-state index in [1.165, 1.54) is 11.1 Å². The Balaban J connectivity index is 1.29. The molecule has 3 aromatic heterocycles. The van der Waals surface area contributed by atoms with E-state index in [4.69, 9.17) is 9.15 Å². The van der Waals surface area contributed by atoms with Gasteiger partial charge in [-0.25, -0.2) is 0 Å². The van der Waals surface area contributed by atoms with Gasteiger partial charge in [-0.15, -0.1) is 10.2 Å². The molecule has 0 N–H and O–H groups in total. The third-order valence-corrected chi connectivity index (χ3v) is 6.44. The summed E-state index contributed by atoms with van der Waals surface area (Å²) in [4.78, 5) is 4.29. The number of thioether (sulfide) groups is 1. The van der Waals surface area contributed by atoms with Crippen LogP contribution in [0.3, 0.4) is 0 Å². The van der Waals surface area contributed by atoms with Crippen LogP contribution < -0.4 is 4.74 Å². The standard InChI is InChI=1S/C27H24N4O2S/c1-20-25(14-16-32-20)26-29-30-27(31(26)17-21-7-3-2-4-8-21)34-19-22-10-12-24(13-11-22)33-18-23-9-5-6-15-28-23/h2-16H,17-19H2,1H3. The number of aryl methyl sites for hydroxylation is 1. The predicted octanol–water partition coefficient (Wildman–Crippen LogP) is 6.16. The molecule has 2 aromatic carbocycles. The Morgan fingerprint density at radius 1 is 0.882 bits per heavy atom. The average Bonchev–Trinajstić information content (AvgIpc) is 3.48. The first-order valence-electron chi connectivity index (χ1n) is 11.0. The van der Waals surface area contributed by atoms with Gasteiger partial charge in [0.1, 0.15) is 18.1 Å². The maximum absolute atomic E-state index is 5.85. The Bertz CT molecular complexity index is 1330. The highest BCUT2D eigenvalue weighted by Gasteiger charge is 2.18. The number of nitrogens with zero attached hydrogens (tertiary/aromatic N) is 4. The molecule has 0 atom stereocenters. The second kappa shape index (κ2) is 10.4. The molecule has 7 heteroatoms. The topological polar surface area (TPSA) is 66.0 Å². The molecule has 0 fully saturated rings. The summed E-state index contributed by atoms with van der Waals surface area (Å²) in [6.45, 7) is 3.09. The lowest BCUT2D eigenvalue weighted by Gasteiger charge is -2.10. The summed E-state index contributed by atoms with van der Waals surface area (Å²) in [6, 6.07) is 26.3. The molecule has 0 radical (unpaired) electrons. The van der Waals surface area contributed by atoms with Crippen molar-refractivity contribution in [1.29, 1.82) is 0 Å². The second-order valence-electron chi connectivity index (χ2n) is 7.81. The molecule has 0 aliphatic rings. The van der Waals surface area contributed by atoms with Crippen LogP contribution in [-0.2, 0) is 18.9 Å². The van der Waals surface area contributed by atoms with Gasteiger partial charge in [0.25, 0.3) is 0 Å². The van der Waals surface area contributed by atoms with Crippen LogP contribution in [0.4, 0.5) is 0 Å².